The lowest BCUT2D eigenvalue weighted by Gasteiger charge is -2.36. The zero-order valence-electron chi connectivity index (χ0n) is 15.5. The largest absolute Gasteiger partial charge is 1.00 e. The van der Waals surface area contributed by atoms with Gasteiger partial charge < -0.3 is 27.0 Å². The van der Waals surface area contributed by atoms with Gasteiger partial charge in [-0.2, -0.15) is 0 Å². The molecule has 1 aromatic carbocycles. The molecule has 138 valence electrons. The van der Waals surface area contributed by atoms with E-state index in [9.17, 15) is 5.11 Å². The van der Waals surface area contributed by atoms with E-state index < -0.39 is 6.10 Å². The summed E-state index contributed by atoms with van der Waals surface area (Å²) in [6, 6.07) is 8.07. The molecule has 4 nitrogen and oxygen atoms in total. The molecule has 1 aliphatic heterocycles. The molecular weight excluding hydrogens is 326 g/mol. The fourth-order valence-electron chi connectivity index (χ4n) is 3.18. The van der Waals surface area contributed by atoms with Crippen molar-refractivity contribution in [2.45, 2.75) is 58.3 Å². The van der Waals surface area contributed by atoms with E-state index >= 15 is 0 Å². The van der Waals surface area contributed by atoms with E-state index in [4.69, 9.17) is 9.47 Å². The minimum Gasteiger partial charge on any atom is -1.00 e. The molecule has 0 aliphatic carbocycles. The zero-order chi connectivity index (χ0) is 17.0. The first-order chi connectivity index (χ1) is 10.8. The number of morpholine rings is 1. The summed E-state index contributed by atoms with van der Waals surface area (Å²) in [5, 5.41) is 10.3. The Morgan fingerprint density at radius 1 is 1.21 bits per heavy atom. The van der Waals surface area contributed by atoms with Gasteiger partial charge in [-0.15, -0.1) is 0 Å². The van der Waals surface area contributed by atoms with Gasteiger partial charge in [0, 0.05) is 19.6 Å². The maximum Gasteiger partial charge on any atom is 0.123 e. The van der Waals surface area contributed by atoms with Gasteiger partial charge in [-0.25, -0.2) is 0 Å². The normalized spacial score (nSPS) is 23.4. The van der Waals surface area contributed by atoms with Crippen molar-refractivity contribution in [1.29, 1.82) is 0 Å². The lowest BCUT2D eigenvalue weighted by Crippen LogP contribution is -3.00. The van der Waals surface area contributed by atoms with Gasteiger partial charge in [0.15, 0.2) is 0 Å². The van der Waals surface area contributed by atoms with Crippen molar-refractivity contribution in [1.82, 2.24) is 4.90 Å². The van der Waals surface area contributed by atoms with Crippen LogP contribution in [0.3, 0.4) is 0 Å². The molecule has 1 N–H and O–H groups in total. The summed E-state index contributed by atoms with van der Waals surface area (Å²) in [6.07, 6.45) is -0.0671. The van der Waals surface area contributed by atoms with Gasteiger partial charge in [-0.05, 0) is 30.9 Å². The second-order valence-electron chi connectivity index (χ2n) is 7.69. The van der Waals surface area contributed by atoms with Gasteiger partial charge >= 0.3 is 0 Å². The Morgan fingerprint density at radius 3 is 2.38 bits per heavy atom. The molecule has 3 unspecified atom stereocenters. The van der Waals surface area contributed by atoms with E-state index in [0.717, 1.165) is 18.8 Å². The summed E-state index contributed by atoms with van der Waals surface area (Å²) in [5.41, 5.74) is 1.19. The van der Waals surface area contributed by atoms with Crippen LogP contribution >= 0.6 is 0 Å². The van der Waals surface area contributed by atoms with Crippen LogP contribution in [0.15, 0.2) is 24.3 Å². The second-order valence-corrected chi connectivity index (χ2v) is 7.69. The molecule has 1 heterocycles. The van der Waals surface area contributed by atoms with Gasteiger partial charge in [0.1, 0.15) is 18.5 Å². The minimum absolute atomic E-state index is 0. The summed E-state index contributed by atoms with van der Waals surface area (Å²) < 4.78 is 11.6. The molecule has 1 aromatic rings. The maximum absolute atomic E-state index is 10.3. The molecule has 0 bridgehead atoms. The van der Waals surface area contributed by atoms with Crippen molar-refractivity contribution in [3.8, 4) is 5.75 Å². The third kappa shape index (κ3) is 6.25. The minimum atomic E-state index is -0.500. The lowest BCUT2D eigenvalue weighted by atomic mass is 9.86. The predicted molar refractivity (Wildman–Crippen MR) is 93.1 cm³/mol. The number of para-hydroxylation sites is 1. The molecule has 5 heteroatoms. The summed E-state index contributed by atoms with van der Waals surface area (Å²) in [6.45, 7) is 13.3. The van der Waals surface area contributed by atoms with E-state index in [0.29, 0.717) is 13.2 Å². The Morgan fingerprint density at radius 2 is 1.79 bits per heavy atom. The van der Waals surface area contributed by atoms with E-state index in [1.54, 1.807) is 0 Å². The van der Waals surface area contributed by atoms with Crippen LogP contribution in [0.1, 0.15) is 40.2 Å². The van der Waals surface area contributed by atoms with Crippen LogP contribution in [0.2, 0.25) is 0 Å². The van der Waals surface area contributed by atoms with E-state index in [2.05, 4.69) is 45.6 Å². The van der Waals surface area contributed by atoms with E-state index in [1.165, 1.54) is 5.56 Å². The topological polar surface area (TPSA) is 41.9 Å². The second kappa shape index (κ2) is 9.04. The summed E-state index contributed by atoms with van der Waals surface area (Å²) >= 11 is 0. The van der Waals surface area contributed by atoms with Crippen molar-refractivity contribution in [3.05, 3.63) is 29.8 Å². The van der Waals surface area contributed by atoms with E-state index in [-0.39, 0.29) is 30.0 Å². The van der Waals surface area contributed by atoms with Gasteiger partial charge in [-0.3, -0.25) is 4.90 Å². The smallest absolute Gasteiger partial charge is 0.123 e. The molecule has 3 atom stereocenters. The highest BCUT2D eigenvalue weighted by molar-refractivity contribution is 5.38. The predicted octanol–water partition coefficient (Wildman–Crippen LogP) is -0.163. The van der Waals surface area contributed by atoms with Gasteiger partial charge in [-0.1, -0.05) is 39.0 Å². The number of rotatable bonds is 5. The first-order valence-corrected chi connectivity index (χ1v) is 8.54. The number of aliphatic hydroxyl groups excluding tert-OH is 1. The molecule has 0 saturated carbocycles. The molecule has 1 aliphatic rings. The summed E-state index contributed by atoms with van der Waals surface area (Å²) in [4.78, 5) is 2.25. The van der Waals surface area contributed by atoms with Crippen LogP contribution in [-0.4, -0.2) is 54.6 Å². The standard InChI is InChI=1S/C19H31NO3.ClH/c1-14-10-20(11-15(2)23-14)12-16(21)13-22-18-9-7-6-8-17(18)19(3,4)5;/h6-9,14-16,21H,10-13H2,1-5H3;1H/p-1. The summed E-state index contributed by atoms with van der Waals surface area (Å²) in [5.74, 6) is 0.864. The average molecular weight is 357 g/mol. The Balaban J connectivity index is 0.00000288. The van der Waals surface area contributed by atoms with Crippen molar-refractivity contribution < 1.29 is 27.0 Å². The summed E-state index contributed by atoms with van der Waals surface area (Å²) in [7, 11) is 0. The number of aliphatic hydroxyl groups is 1. The van der Waals surface area contributed by atoms with Gasteiger partial charge in [0.25, 0.3) is 0 Å². The Labute approximate surface area is 152 Å². The number of benzene rings is 1. The number of nitrogens with zero attached hydrogens (tertiary/aromatic N) is 1. The van der Waals surface area contributed by atoms with Crippen LogP contribution in [0.5, 0.6) is 5.75 Å². The van der Waals surface area contributed by atoms with Gasteiger partial charge in [0.05, 0.1) is 12.2 Å². The molecule has 0 amide bonds. The Bertz CT molecular complexity index is 494. The van der Waals surface area contributed by atoms with Crippen molar-refractivity contribution >= 4 is 0 Å². The monoisotopic (exact) mass is 356 g/mol. The van der Waals surface area contributed by atoms with Crippen LogP contribution in [0.4, 0.5) is 0 Å². The number of hydrogen-bond acceptors (Lipinski definition) is 4. The fourth-order valence-corrected chi connectivity index (χ4v) is 3.18. The highest BCUT2D eigenvalue weighted by atomic mass is 35.5. The fraction of sp³-hybridized carbons (Fsp3) is 0.684. The molecule has 0 radical (unpaired) electrons. The first-order valence-electron chi connectivity index (χ1n) is 8.54. The Kier molecular flexibility index (Phi) is 8.00. The first kappa shape index (κ1) is 21.2. The third-order valence-electron chi connectivity index (χ3n) is 4.09. The third-order valence-corrected chi connectivity index (χ3v) is 4.09. The van der Waals surface area contributed by atoms with Crippen LogP contribution in [0.25, 0.3) is 0 Å². The van der Waals surface area contributed by atoms with Crippen LogP contribution in [0, 0.1) is 0 Å². The van der Waals surface area contributed by atoms with Crippen LogP contribution < -0.4 is 17.1 Å². The molecular formula is C19H31ClNO3-. The molecule has 1 fully saturated rings. The van der Waals surface area contributed by atoms with Crippen molar-refractivity contribution in [2.24, 2.45) is 0 Å². The Hall–Kier alpha value is -0.810. The molecule has 24 heavy (non-hydrogen) atoms. The molecule has 2 rings (SSSR count). The highest BCUT2D eigenvalue weighted by Gasteiger charge is 2.24. The molecule has 0 aromatic heterocycles. The quantitative estimate of drug-likeness (QED) is 0.796. The number of ether oxygens (including phenoxy) is 2. The van der Waals surface area contributed by atoms with E-state index in [1.807, 2.05) is 18.2 Å². The van der Waals surface area contributed by atoms with Gasteiger partial charge in [0.2, 0.25) is 0 Å². The van der Waals surface area contributed by atoms with Crippen molar-refractivity contribution in [3.63, 3.8) is 0 Å². The molecule has 0 spiro atoms. The average Bonchev–Trinajstić information content (AvgIpc) is 2.43. The number of halogens is 1. The molecule has 1 saturated heterocycles. The maximum atomic E-state index is 10.3. The highest BCUT2D eigenvalue weighted by Crippen LogP contribution is 2.31. The van der Waals surface area contributed by atoms with Crippen molar-refractivity contribution in [2.75, 3.05) is 26.2 Å². The number of β-amino-alcohol motifs (C(OH)–C–C–N with tert-alkyl or cyclic N) is 1. The lowest BCUT2D eigenvalue weighted by molar-refractivity contribution is -0.0787. The number of hydrogen-bond donors (Lipinski definition) is 1. The van der Waals surface area contributed by atoms with Crippen LogP contribution in [-0.2, 0) is 10.2 Å². The SMILES string of the molecule is CC1CN(CC(O)COc2ccccc2C(C)(C)C)CC(C)O1.[Cl-]. The zero-order valence-corrected chi connectivity index (χ0v) is 16.2.